The molecule has 2 amide bonds. The number of benzene rings is 3. The van der Waals surface area contributed by atoms with Gasteiger partial charge < -0.3 is 24.8 Å². The molecule has 3 rings (SSSR count). The van der Waals surface area contributed by atoms with Crippen LogP contribution in [0.3, 0.4) is 0 Å². The molecule has 0 aliphatic heterocycles. The molecule has 0 aliphatic carbocycles. The first-order valence-corrected chi connectivity index (χ1v) is 12.8. The van der Waals surface area contributed by atoms with Gasteiger partial charge in [0.05, 0.1) is 23.6 Å². The fourth-order valence-electron chi connectivity index (χ4n) is 3.20. The highest BCUT2D eigenvalue weighted by Gasteiger charge is 2.12. The number of ether oxygens (including phenoxy) is 3. The van der Waals surface area contributed by atoms with Gasteiger partial charge in [0.1, 0.15) is 11.5 Å². The first kappa shape index (κ1) is 29.2. The number of anilines is 2. The van der Waals surface area contributed by atoms with Crippen molar-refractivity contribution in [3.63, 3.8) is 0 Å². The van der Waals surface area contributed by atoms with Gasteiger partial charge >= 0.3 is 11.9 Å². The number of carbonyl (C=O) groups is 4. The van der Waals surface area contributed by atoms with Gasteiger partial charge in [-0.2, -0.15) is 0 Å². The maximum atomic E-state index is 12.2. The highest BCUT2D eigenvalue weighted by Crippen LogP contribution is 2.29. The summed E-state index contributed by atoms with van der Waals surface area (Å²) in [7, 11) is 0. The summed E-state index contributed by atoms with van der Waals surface area (Å²) in [5.74, 6) is -0.994. The summed E-state index contributed by atoms with van der Waals surface area (Å²) in [6.45, 7) is 1.85. The second-order valence-corrected chi connectivity index (χ2v) is 8.79. The Bertz CT molecular complexity index is 1280. The first-order valence-electron chi connectivity index (χ1n) is 12.4. The van der Waals surface area contributed by atoms with E-state index in [4.69, 9.17) is 25.8 Å². The lowest BCUT2D eigenvalue weighted by Crippen LogP contribution is -2.21. The van der Waals surface area contributed by atoms with Crippen LogP contribution >= 0.6 is 11.6 Å². The zero-order valence-electron chi connectivity index (χ0n) is 21.4. The van der Waals surface area contributed by atoms with Gasteiger partial charge in [-0.3, -0.25) is 14.4 Å². The SMILES string of the molecule is CCCCOC(=O)c1ccc(NC(=O)COC(=O)CCC(=O)Nc2ccc(Oc3ccccc3Cl)cc2)cc1. The maximum absolute atomic E-state index is 12.2. The fraction of sp³-hybridized carbons (Fsp3) is 0.241. The van der Waals surface area contributed by atoms with E-state index in [1.165, 1.54) is 12.1 Å². The van der Waals surface area contributed by atoms with Crippen LogP contribution in [0.2, 0.25) is 5.02 Å². The van der Waals surface area contributed by atoms with E-state index >= 15 is 0 Å². The van der Waals surface area contributed by atoms with Crippen molar-refractivity contribution in [3.05, 3.63) is 83.4 Å². The zero-order valence-corrected chi connectivity index (χ0v) is 22.2. The minimum atomic E-state index is -0.686. The van der Waals surface area contributed by atoms with E-state index in [0.717, 1.165) is 12.8 Å². The molecule has 0 unspecified atom stereocenters. The van der Waals surface area contributed by atoms with Gasteiger partial charge in [0.25, 0.3) is 5.91 Å². The highest BCUT2D eigenvalue weighted by atomic mass is 35.5. The number of para-hydroxylation sites is 1. The molecular formula is C29H29ClN2O7. The third-order valence-electron chi connectivity index (χ3n) is 5.26. The van der Waals surface area contributed by atoms with Crippen LogP contribution in [0, 0.1) is 0 Å². The van der Waals surface area contributed by atoms with Crippen molar-refractivity contribution in [2.45, 2.75) is 32.6 Å². The summed E-state index contributed by atoms with van der Waals surface area (Å²) < 4.78 is 15.8. The molecule has 9 nitrogen and oxygen atoms in total. The number of esters is 2. The van der Waals surface area contributed by atoms with E-state index in [0.29, 0.717) is 40.1 Å². The third kappa shape index (κ3) is 10.1. The average Bonchev–Trinajstić information content (AvgIpc) is 2.93. The lowest BCUT2D eigenvalue weighted by Gasteiger charge is -2.09. The Balaban J connectivity index is 1.34. The number of halogens is 1. The van der Waals surface area contributed by atoms with Gasteiger partial charge in [-0.25, -0.2) is 4.79 Å². The molecule has 39 heavy (non-hydrogen) atoms. The van der Waals surface area contributed by atoms with E-state index in [2.05, 4.69) is 10.6 Å². The van der Waals surface area contributed by atoms with Crippen molar-refractivity contribution >= 4 is 46.7 Å². The van der Waals surface area contributed by atoms with E-state index in [-0.39, 0.29) is 18.7 Å². The number of unbranched alkanes of at least 4 members (excludes halogenated alkanes) is 1. The molecule has 2 N–H and O–H groups in total. The molecule has 0 atom stereocenters. The minimum Gasteiger partial charge on any atom is -0.462 e. The lowest BCUT2D eigenvalue weighted by molar-refractivity contribution is -0.147. The maximum Gasteiger partial charge on any atom is 0.338 e. The van der Waals surface area contributed by atoms with Crippen LogP contribution in [-0.4, -0.2) is 37.0 Å². The molecule has 0 bridgehead atoms. The predicted octanol–water partition coefficient (Wildman–Crippen LogP) is 5.99. The largest absolute Gasteiger partial charge is 0.462 e. The van der Waals surface area contributed by atoms with Crippen LogP contribution in [0.5, 0.6) is 11.5 Å². The summed E-state index contributed by atoms with van der Waals surface area (Å²) >= 11 is 6.09. The number of carbonyl (C=O) groups excluding carboxylic acids is 4. The number of nitrogens with one attached hydrogen (secondary N) is 2. The third-order valence-corrected chi connectivity index (χ3v) is 5.57. The molecule has 0 fully saturated rings. The van der Waals surface area contributed by atoms with Gasteiger partial charge in [-0.1, -0.05) is 37.1 Å². The summed E-state index contributed by atoms with van der Waals surface area (Å²) in [5.41, 5.74) is 1.33. The van der Waals surface area contributed by atoms with E-state index in [1.807, 2.05) is 13.0 Å². The van der Waals surface area contributed by atoms with Gasteiger partial charge in [0.2, 0.25) is 5.91 Å². The number of hydrogen-bond donors (Lipinski definition) is 2. The fourth-order valence-corrected chi connectivity index (χ4v) is 3.37. The quantitative estimate of drug-likeness (QED) is 0.197. The Hall–Kier alpha value is -4.37. The molecule has 0 spiro atoms. The molecule has 10 heteroatoms. The van der Waals surface area contributed by atoms with Crippen LogP contribution < -0.4 is 15.4 Å². The predicted molar refractivity (Wildman–Crippen MR) is 147 cm³/mol. The second-order valence-electron chi connectivity index (χ2n) is 8.38. The standard InChI is InChI=1S/C29H29ClN2O7/c1-2-3-18-37-29(36)20-8-10-21(11-9-20)32-27(34)19-38-28(35)17-16-26(33)31-22-12-14-23(15-13-22)39-25-7-5-4-6-24(25)30/h4-15H,2-3,16-19H2,1H3,(H,31,33)(H,32,34). The summed E-state index contributed by atoms with van der Waals surface area (Å²) in [6, 6.07) is 19.9. The van der Waals surface area contributed by atoms with Crippen LogP contribution in [0.25, 0.3) is 0 Å². The molecule has 3 aromatic rings. The van der Waals surface area contributed by atoms with Crippen molar-refractivity contribution in [2.75, 3.05) is 23.8 Å². The van der Waals surface area contributed by atoms with E-state index in [1.54, 1.807) is 54.6 Å². The molecule has 3 aromatic carbocycles. The van der Waals surface area contributed by atoms with Crippen molar-refractivity contribution < 1.29 is 33.4 Å². The minimum absolute atomic E-state index is 0.117. The zero-order chi connectivity index (χ0) is 28.0. The highest BCUT2D eigenvalue weighted by molar-refractivity contribution is 6.32. The van der Waals surface area contributed by atoms with Crippen LogP contribution in [0.4, 0.5) is 11.4 Å². The Morgan fingerprint density at radius 3 is 2.08 bits per heavy atom. The second kappa shape index (κ2) is 15.1. The number of hydrogen-bond acceptors (Lipinski definition) is 7. The molecule has 0 radical (unpaired) electrons. The lowest BCUT2D eigenvalue weighted by atomic mass is 10.2. The molecule has 0 saturated carbocycles. The molecule has 0 aliphatic rings. The van der Waals surface area contributed by atoms with Crippen molar-refractivity contribution in [3.8, 4) is 11.5 Å². The van der Waals surface area contributed by atoms with Crippen LogP contribution in [-0.2, 0) is 23.9 Å². The Kier molecular flexibility index (Phi) is 11.3. The topological polar surface area (TPSA) is 120 Å². The molecule has 0 aromatic heterocycles. The monoisotopic (exact) mass is 552 g/mol. The molecule has 0 saturated heterocycles. The number of rotatable bonds is 13. The van der Waals surface area contributed by atoms with Gasteiger partial charge in [0.15, 0.2) is 6.61 Å². The van der Waals surface area contributed by atoms with Gasteiger partial charge in [-0.05, 0) is 67.1 Å². The van der Waals surface area contributed by atoms with Crippen molar-refractivity contribution in [2.24, 2.45) is 0 Å². The Labute approximate surface area is 231 Å². The van der Waals surface area contributed by atoms with Crippen molar-refractivity contribution in [1.29, 1.82) is 0 Å². The molecule has 0 heterocycles. The normalized spacial score (nSPS) is 10.3. The summed E-state index contributed by atoms with van der Waals surface area (Å²) in [6.07, 6.45) is 1.40. The first-order chi connectivity index (χ1) is 18.8. The van der Waals surface area contributed by atoms with Gasteiger partial charge in [0, 0.05) is 17.8 Å². The van der Waals surface area contributed by atoms with E-state index < -0.39 is 24.5 Å². The van der Waals surface area contributed by atoms with Crippen LogP contribution in [0.1, 0.15) is 43.0 Å². The Morgan fingerprint density at radius 2 is 1.41 bits per heavy atom. The van der Waals surface area contributed by atoms with Crippen LogP contribution in [0.15, 0.2) is 72.8 Å². The average molecular weight is 553 g/mol. The smallest absolute Gasteiger partial charge is 0.338 e. The van der Waals surface area contributed by atoms with E-state index in [9.17, 15) is 19.2 Å². The summed E-state index contributed by atoms with van der Waals surface area (Å²) in [5, 5.41) is 5.74. The summed E-state index contributed by atoms with van der Waals surface area (Å²) in [4.78, 5) is 48.2. The number of amides is 2. The molecular weight excluding hydrogens is 524 g/mol. The van der Waals surface area contributed by atoms with Gasteiger partial charge in [-0.15, -0.1) is 0 Å². The Morgan fingerprint density at radius 1 is 0.769 bits per heavy atom. The molecule has 204 valence electrons. The van der Waals surface area contributed by atoms with Crippen molar-refractivity contribution in [1.82, 2.24) is 0 Å².